The molecule has 4 heterocycles. The molecule has 37 heavy (non-hydrogen) atoms. The minimum absolute atomic E-state index is 0.0400. The maximum atomic E-state index is 13.7. The smallest absolute Gasteiger partial charge is 0.223 e. The van der Waals surface area contributed by atoms with Gasteiger partial charge in [0.05, 0.1) is 18.9 Å². The van der Waals surface area contributed by atoms with Crippen LogP contribution in [0.4, 0.5) is 8.78 Å². The molecule has 0 aliphatic heterocycles. The zero-order valence-corrected chi connectivity index (χ0v) is 20.6. The fraction of sp³-hybridized carbons (Fsp3) is 0.280. The number of hydrogen-bond acceptors (Lipinski definition) is 9. The highest BCUT2D eigenvalue weighted by Crippen LogP contribution is 2.41. The summed E-state index contributed by atoms with van der Waals surface area (Å²) in [6.45, 7) is 0.197. The second-order valence-corrected chi connectivity index (χ2v) is 8.92. The third-order valence-corrected chi connectivity index (χ3v) is 6.04. The summed E-state index contributed by atoms with van der Waals surface area (Å²) >= 11 is 5.67. The Morgan fingerprint density at radius 2 is 1.22 bits per heavy atom. The molecule has 0 amide bonds. The molecule has 0 radical (unpaired) electrons. The van der Waals surface area contributed by atoms with Crippen LogP contribution in [-0.2, 0) is 6.54 Å². The molecule has 9 nitrogen and oxygen atoms in total. The van der Waals surface area contributed by atoms with E-state index in [9.17, 15) is 8.78 Å². The second-order valence-electron chi connectivity index (χ2n) is 8.58. The third-order valence-electron chi connectivity index (χ3n) is 5.85. The molecule has 6 N–H and O–H groups in total. The third kappa shape index (κ3) is 6.83. The lowest BCUT2D eigenvalue weighted by Crippen LogP contribution is -2.05. The lowest BCUT2D eigenvalue weighted by atomic mass is 10.1. The molecule has 2 aliphatic carbocycles. The Balaban J connectivity index is 0.000000162. The predicted octanol–water partition coefficient (Wildman–Crippen LogP) is 4.04. The first kappa shape index (κ1) is 26.6. The Morgan fingerprint density at radius 1 is 0.730 bits per heavy atom. The van der Waals surface area contributed by atoms with Crippen molar-refractivity contribution >= 4 is 11.6 Å². The van der Waals surface area contributed by atoms with Crippen molar-refractivity contribution in [2.75, 3.05) is 0 Å². The molecule has 192 valence electrons. The monoisotopic (exact) mass is 525 g/mol. The Hall–Kier alpha value is -3.51. The van der Waals surface area contributed by atoms with Gasteiger partial charge in [-0.1, -0.05) is 0 Å². The maximum absolute atomic E-state index is 13.7. The van der Waals surface area contributed by atoms with Gasteiger partial charge in [-0.2, -0.15) is 0 Å². The van der Waals surface area contributed by atoms with E-state index in [1.54, 1.807) is 12.4 Å². The normalized spacial score (nSPS) is 14.2. The molecular weight excluding hydrogens is 500 g/mol. The summed E-state index contributed by atoms with van der Waals surface area (Å²) in [5.74, 6) is 8.66. The van der Waals surface area contributed by atoms with Crippen molar-refractivity contribution in [2.24, 2.45) is 17.4 Å². The summed E-state index contributed by atoms with van der Waals surface area (Å²) in [6.07, 6.45) is 13.8. The van der Waals surface area contributed by atoms with Gasteiger partial charge in [0, 0.05) is 35.9 Å². The number of hydrogen-bond donors (Lipinski definition) is 3. The molecule has 2 aliphatic rings. The molecule has 0 unspecified atom stereocenters. The van der Waals surface area contributed by atoms with Crippen molar-refractivity contribution < 1.29 is 8.78 Å². The van der Waals surface area contributed by atoms with E-state index in [1.807, 2.05) is 24.5 Å². The lowest BCUT2D eigenvalue weighted by molar-refractivity contribution is 0.613. The van der Waals surface area contributed by atoms with Crippen molar-refractivity contribution in [2.45, 2.75) is 44.1 Å². The molecule has 0 atom stereocenters. The summed E-state index contributed by atoms with van der Waals surface area (Å²) in [5, 5.41) is 0.0400. The number of nitrogens with zero attached hydrogens (tertiary/aromatic N) is 6. The van der Waals surface area contributed by atoms with Crippen LogP contribution in [0.15, 0.2) is 49.3 Å². The Bertz CT molecular complexity index is 1360. The van der Waals surface area contributed by atoms with Crippen molar-refractivity contribution in [1.29, 1.82) is 0 Å². The van der Waals surface area contributed by atoms with Crippen LogP contribution in [0.1, 0.15) is 54.5 Å². The van der Waals surface area contributed by atoms with E-state index < -0.39 is 11.6 Å². The fourth-order valence-corrected chi connectivity index (χ4v) is 3.84. The van der Waals surface area contributed by atoms with Crippen LogP contribution >= 0.6 is 11.6 Å². The van der Waals surface area contributed by atoms with Gasteiger partial charge in [0.15, 0.2) is 11.6 Å². The fourth-order valence-electron chi connectivity index (χ4n) is 3.71. The Labute approximate surface area is 217 Å². The minimum atomic E-state index is -0.482. The Morgan fingerprint density at radius 3 is 1.70 bits per heavy atom. The number of rotatable bonds is 5. The molecule has 4 aromatic rings. The molecule has 0 saturated heterocycles. The first-order valence-corrected chi connectivity index (χ1v) is 12.0. The summed E-state index contributed by atoms with van der Waals surface area (Å²) < 4.78 is 27.3. The van der Waals surface area contributed by atoms with Crippen molar-refractivity contribution in [3.05, 3.63) is 83.2 Å². The molecule has 0 aromatic carbocycles. The van der Waals surface area contributed by atoms with Crippen molar-refractivity contribution in [3.8, 4) is 22.5 Å². The van der Waals surface area contributed by atoms with Gasteiger partial charge in [-0.3, -0.25) is 21.7 Å². The van der Waals surface area contributed by atoms with Crippen LogP contribution in [0.2, 0.25) is 5.28 Å². The summed E-state index contributed by atoms with van der Waals surface area (Å²) in [4.78, 5) is 23.7. The van der Waals surface area contributed by atoms with E-state index >= 15 is 0 Å². The molecule has 12 heteroatoms. The van der Waals surface area contributed by atoms with E-state index in [2.05, 4.69) is 41.6 Å². The van der Waals surface area contributed by atoms with Crippen LogP contribution < -0.4 is 17.4 Å². The molecular formula is C25H26ClF2N9. The van der Waals surface area contributed by atoms with Crippen LogP contribution in [0.25, 0.3) is 22.5 Å². The van der Waals surface area contributed by atoms with Crippen LogP contribution in [-0.4, -0.2) is 29.9 Å². The van der Waals surface area contributed by atoms with Gasteiger partial charge < -0.3 is 5.73 Å². The zero-order chi connectivity index (χ0) is 26.4. The first-order valence-electron chi connectivity index (χ1n) is 11.7. The number of hydrazine groups is 1. The summed E-state index contributed by atoms with van der Waals surface area (Å²) in [7, 11) is 0. The van der Waals surface area contributed by atoms with Gasteiger partial charge >= 0.3 is 0 Å². The minimum Gasteiger partial charge on any atom is -0.324 e. The number of halogens is 3. The second kappa shape index (κ2) is 12.2. The zero-order valence-electron chi connectivity index (χ0n) is 19.9. The van der Waals surface area contributed by atoms with Crippen molar-refractivity contribution in [3.63, 3.8) is 0 Å². The number of nitrogens with two attached hydrogens (primary N) is 3. The Kier molecular flexibility index (Phi) is 8.72. The molecule has 0 spiro atoms. The summed E-state index contributed by atoms with van der Waals surface area (Å²) in [6, 6.07) is 3.88. The van der Waals surface area contributed by atoms with Gasteiger partial charge in [-0.05, 0) is 72.4 Å². The quantitative estimate of drug-likeness (QED) is 0.199. The van der Waals surface area contributed by atoms with Gasteiger partial charge in [-0.15, -0.1) is 0 Å². The number of pyridine rings is 2. The van der Waals surface area contributed by atoms with Gasteiger partial charge in [0.25, 0.3) is 0 Å². The van der Waals surface area contributed by atoms with Crippen LogP contribution in [0, 0.1) is 11.6 Å². The number of aromatic nitrogens is 6. The largest absolute Gasteiger partial charge is 0.324 e. The standard InChI is InChI=1S/C13H13FN4.C12H9ClFN3.H4N2/c14-11-7-17-12(4-15)18-13(11)10-3-9(5-16-6-10)8-1-2-8;13-12-16-6-10(14)11(17-12)9-3-8(4-15-5-9)7-1-2-7;1-2/h3,5-8H,1-2,4,15H2;3-7H,1-2H2;1-2H2. The highest BCUT2D eigenvalue weighted by molar-refractivity contribution is 6.28. The van der Waals surface area contributed by atoms with E-state index in [0.29, 0.717) is 28.8 Å². The summed E-state index contributed by atoms with van der Waals surface area (Å²) in [5.41, 5.74) is 9.58. The highest BCUT2D eigenvalue weighted by atomic mass is 35.5. The molecule has 6 rings (SSSR count). The topological polar surface area (TPSA) is 155 Å². The van der Waals surface area contributed by atoms with Crippen molar-refractivity contribution in [1.82, 2.24) is 29.9 Å². The molecule has 2 saturated carbocycles. The lowest BCUT2D eigenvalue weighted by Gasteiger charge is -2.05. The predicted molar refractivity (Wildman–Crippen MR) is 136 cm³/mol. The maximum Gasteiger partial charge on any atom is 0.223 e. The van der Waals surface area contributed by atoms with Gasteiger partial charge in [-0.25, -0.2) is 28.7 Å². The molecule has 4 aromatic heterocycles. The average molecular weight is 526 g/mol. The van der Waals surface area contributed by atoms with Crippen LogP contribution in [0.5, 0.6) is 0 Å². The van der Waals surface area contributed by atoms with E-state index in [1.165, 1.54) is 25.7 Å². The molecule has 0 bridgehead atoms. The van der Waals surface area contributed by atoms with Gasteiger partial charge in [0.2, 0.25) is 5.28 Å². The SMILES string of the molecule is Fc1cnc(Cl)nc1-c1cncc(C2CC2)c1.NCc1ncc(F)c(-c2cncc(C3CC3)c2)n1.NN. The average Bonchev–Trinajstić information content (AvgIpc) is 3.85. The first-order chi connectivity index (χ1) is 18.0. The highest BCUT2D eigenvalue weighted by Gasteiger charge is 2.25. The van der Waals surface area contributed by atoms with E-state index in [0.717, 1.165) is 23.5 Å². The molecule has 2 fully saturated rings. The van der Waals surface area contributed by atoms with E-state index in [-0.39, 0.29) is 23.2 Å². The van der Waals surface area contributed by atoms with Crippen LogP contribution in [0.3, 0.4) is 0 Å². The van der Waals surface area contributed by atoms with Gasteiger partial charge in [0.1, 0.15) is 17.2 Å². The van der Waals surface area contributed by atoms with E-state index in [4.69, 9.17) is 17.3 Å².